The largest absolute Gasteiger partial charge is 0.425 e. The quantitative estimate of drug-likeness (QED) is 0.529. The van der Waals surface area contributed by atoms with Crippen LogP contribution in [-0.2, 0) is 23.3 Å². The molecule has 2 heterocycles. The number of anilines is 1. The Balaban J connectivity index is 1.83. The maximum absolute atomic E-state index is 14.4. The molecule has 1 atom stereocenters. The molecule has 11 heteroatoms. The standard InChI is InChI=1S/C23H19F3N4O4/c1-13-6-5-9-15(12-13)18(31)29-22(23(24,25)26)16-17(27-20(22)33)30(21(34)28-19(16)32)11-10-14-7-3-2-4-8-14/h2-9,12H,10-11H2,1H3,(H,27,33)(H,29,31)(H,28,32,34)/t22-/m1/s1. The second kappa shape index (κ2) is 8.32. The third kappa shape index (κ3) is 3.78. The molecule has 4 rings (SSSR count). The maximum Gasteiger partial charge on any atom is 0.425 e. The number of nitrogens with zero attached hydrogens (tertiary/aromatic N) is 1. The zero-order valence-corrected chi connectivity index (χ0v) is 17.8. The predicted molar refractivity (Wildman–Crippen MR) is 116 cm³/mol. The van der Waals surface area contributed by atoms with Crippen LogP contribution in [-0.4, -0.2) is 27.5 Å². The number of nitrogens with one attached hydrogen (secondary N) is 3. The fourth-order valence-electron chi connectivity index (χ4n) is 3.95. The molecule has 0 bridgehead atoms. The monoisotopic (exact) mass is 472 g/mol. The van der Waals surface area contributed by atoms with Crippen LogP contribution in [0.5, 0.6) is 0 Å². The van der Waals surface area contributed by atoms with Gasteiger partial charge < -0.3 is 10.6 Å². The zero-order valence-electron chi connectivity index (χ0n) is 17.8. The lowest BCUT2D eigenvalue weighted by Gasteiger charge is -2.30. The van der Waals surface area contributed by atoms with E-state index < -0.39 is 46.2 Å². The summed E-state index contributed by atoms with van der Waals surface area (Å²) in [5.41, 5.74) is -5.90. The first-order valence-corrected chi connectivity index (χ1v) is 10.2. The van der Waals surface area contributed by atoms with E-state index in [4.69, 9.17) is 0 Å². The molecular weight excluding hydrogens is 453 g/mol. The van der Waals surface area contributed by atoms with E-state index in [9.17, 15) is 32.3 Å². The van der Waals surface area contributed by atoms with Gasteiger partial charge in [0.25, 0.3) is 22.9 Å². The Morgan fingerprint density at radius 3 is 2.41 bits per heavy atom. The van der Waals surface area contributed by atoms with Crippen molar-refractivity contribution in [1.82, 2.24) is 14.9 Å². The molecule has 3 N–H and O–H groups in total. The first kappa shape index (κ1) is 23.0. The molecule has 0 saturated carbocycles. The van der Waals surface area contributed by atoms with Gasteiger partial charge in [-0.1, -0.05) is 48.0 Å². The summed E-state index contributed by atoms with van der Waals surface area (Å²) in [6.45, 7) is 1.52. The maximum atomic E-state index is 14.4. The van der Waals surface area contributed by atoms with E-state index >= 15 is 0 Å². The molecular formula is C23H19F3N4O4. The van der Waals surface area contributed by atoms with Gasteiger partial charge in [0.05, 0.1) is 0 Å². The summed E-state index contributed by atoms with van der Waals surface area (Å²) in [6.07, 6.45) is -5.15. The number of alkyl halides is 3. The van der Waals surface area contributed by atoms with Crippen molar-refractivity contribution in [2.24, 2.45) is 0 Å². The van der Waals surface area contributed by atoms with Crippen LogP contribution < -0.4 is 21.9 Å². The van der Waals surface area contributed by atoms with Crippen LogP contribution in [0.15, 0.2) is 64.2 Å². The molecule has 1 aromatic heterocycles. The number of fused-ring (bicyclic) bond motifs is 1. The summed E-state index contributed by atoms with van der Waals surface area (Å²) >= 11 is 0. The number of carbonyl (C=O) groups excluding carboxylic acids is 2. The second-order valence-electron chi connectivity index (χ2n) is 7.90. The number of H-pyrrole nitrogens is 1. The Kier molecular flexibility index (Phi) is 5.64. The van der Waals surface area contributed by atoms with E-state index in [0.717, 1.165) is 10.1 Å². The van der Waals surface area contributed by atoms with Gasteiger partial charge in [-0.05, 0) is 31.0 Å². The lowest BCUT2D eigenvalue weighted by molar-refractivity contribution is -0.196. The molecule has 0 fully saturated rings. The number of rotatable bonds is 5. The summed E-state index contributed by atoms with van der Waals surface area (Å²) in [5.74, 6) is -3.48. The SMILES string of the molecule is Cc1cccc(C(=O)N[C@@]2(C(F)(F)F)C(=O)Nc3c2c(=O)[nH]c(=O)n3CCc2ccccc2)c1. The van der Waals surface area contributed by atoms with Gasteiger partial charge in [0.2, 0.25) is 0 Å². The van der Waals surface area contributed by atoms with Gasteiger partial charge in [-0.25, -0.2) is 4.79 Å². The van der Waals surface area contributed by atoms with Gasteiger partial charge in [0.1, 0.15) is 11.4 Å². The average Bonchev–Trinajstić information content (AvgIpc) is 3.07. The lowest BCUT2D eigenvalue weighted by atomic mass is 9.91. The molecule has 0 saturated heterocycles. The molecule has 34 heavy (non-hydrogen) atoms. The summed E-state index contributed by atoms with van der Waals surface area (Å²) in [5, 5.41) is 3.75. The van der Waals surface area contributed by atoms with Gasteiger partial charge in [-0.3, -0.25) is 23.9 Å². The Morgan fingerprint density at radius 2 is 1.76 bits per heavy atom. The highest BCUT2D eigenvalue weighted by atomic mass is 19.4. The first-order valence-electron chi connectivity index (χ1n) is 10.2. The number of hydrogen-bond acceptors (Lipinski definition) is 4. The molecule has 0 unspecified atom stereocenters. The van der Waals surface area contributed by atoms with E-state index in [1.54, 1.807) is 48.6 Å². The normalized spacial score (nSPS) is 17.2. The van der Waals surface area contributed by atoms with Gasteiger partial charge in [-0.2, -0.15) is 13.2 Å². The van der Waals surface area contributed by atoms with Crippen LogP contribution in [0.1, 0.15) is 27.0 Å². The van der Waals surface area contributed by atoms with Gasteiger partial charge in [0, 0.05) is 12.1 Å². The molecule has 1 aliphatic rings. The van der Waals surface area contributed by atoms with Crippen LogP contribution in [0.4, 0.5) is 19.0 Å². The van der Waals surface area contributed by atoms with Gasteiger partial charge in [0.15, 0.2) is 0 Å². The average molecular weight is 472 g/mol. The van der Waals surface area contributed by atoms with E-state index in [0.29, 0.717) is 5.56 Å². The van der Waals surface area contributed by atoms with Gasteiger partial charge >= 0.3 is 11.9 Å². The molecule has 0 spiro atoms. The van der Waals surface area contributed by atoms with E-state index in [1.165, 1.54) is 18.2 Å². The first-order chi connectivity index (χ1) is 16.0. The minimum atomic E-state index is -5.39. The van der Waals surface area contributed by atoms with Crippen molar-refractivity contribution in [3.63, 3.8) is 0 Å². The summed E-state index contributed by atoms with van der Waals surface area (Å²) in [7, 11) is 0. The van der Waals surface area contributed by atoms with Crippen molar-refractivity contribution in [3.8, 4) is 0 Å². The molecule has 2 aromatic carbocycles. The smallest absolute Gasteiger partial charge is 0.326 e. The number of aryl methyl sites for hydroxylation is 2. The third-order valence-electron chi connectivity index (χ3n) is 5.62. The van der Waals surface area contributed by atoms with Crippen molar-refractivity contribution in [1.29, 1.82) is 0 Å². The minimum Gasteiger partial charge on any atom is -0.326 e. The van der Waals surface area contributed by atoms with Crippen molar-refractivity contribution in [2.45, 2.75) is 31.6 Å². The van der Waals surface area contributed by atoms with Crippen LogP contribution in [0.3, 0.4) is 0 Å². The number of aromatic nitrogens is 2. The van der Waals surface area contributed by atoms with Crippen molar-refractivity contribution in [2.75, 3.05) is 5.32 Å². The molecule has 8 nitrogen and oxygen atoms in total. The van der Waals surface area contributed by atoms with E-state index in [-0.39, 0.29) is 18.5 Å². The summed E-state index contributed by atoms with van der Waals surface area (Å²) < 4.78 is 44.2. The number of hydrogen-bond donors (Lipinski definition) is 3. The van der Waals surface area contributed by atoms with Crippen molar-refractivity contribution < 1.29 is 22.8 Å². The topological polar surface area (TPSA) is 113 Å². The van der Waals surface area contributed by atoms with E-state index in [1.807, 2.05) is 10.3 Å². The van der Waals surface area contributed by atoms with Crippen molar-refractivity contribution >= 4 is 17.6 Å². The van der Waals surface area contributed by atoms with Crippen LogP contribution in [0, 0.1) is 6.92 Å². The highest BCUT2D eigenvalue weighted by Gasteiger charge is 2.68. The van der Waals surface area contributed by atoms with Gasteiger partial charge in [-0.15, -0.1) is 0 Å². The molecule has 176 valence electrons. The lowest BCUT2D eigenvalue weighted by Crippen LogP contribution is -2.62. The van der Waals surface area contributed by atoms with Crippen LogP contribution >= 0.6 is 0 Å². The fraction of sp³-hybridized carbons (Fsp3) is 0.217. The summed E-state index contributed by atoms with van der Waals surface area (Å²) in [4.78, 5) is 52.5. The Bertz CT molecular complexity index is 1400. The Labute approximate surface area is 190 Å². The van der Waals surface area contributed by atoms with Crippen LogP contribution in [0.2, 0.25) is 0 Å². The van der Waals surface area contributed by atoms with Crippen LogP contribution in [0.25, 0.3) is 0 Å². The van der Waals surface area contributed by atoms with Crippen molar-refractivity contribution in [3.05, 3.63) is 97.7 Å². The number of carbonyl (C=O) groups is 2. The number of aromatic amines is 1. The molecule has 2 amide bonds. The molecule has 3 aromatic rings. The Hall–Kier alpha value is -4.15. The second-order valence-corrected chi connectivity index (χ2v) is 7.90. The fourth-order valence-corrected chi connectivity index (χ4v) is 3.95. The number of amides is 2. The molecule has 0 aliphatic carbocycles. The highest BCUT2D eigenvalue weighted by molar-refractivity contribution is 6.09. The minimum absolute atomic E-state index is 0.123. The third-order valence-corrected chi connectivity index (χ3v) is 5.62. The number of halogens is 3. The highest BCUT2D eigenvalue weighted by Crippen LogP contribution is 2.45. The van der Waals surface area contributed by atoms with E-state index in [2.05, 4.69) is 0 Å². The Morgan fingerprint density at radius 1 is 1.06 bits per heavy atom. The number of benzene rings is 2. The zero-order chi connectivity index (χ0) is 24.7. The predicted octanol–water partition coefficient (Wildman–Crippen LogP) is 2.23. The molecule has 1 aliphatic heterocycles. The molecule has 0 radical (unpaired) electrons. The summed E-state index contributed by atoms with van der Waals surface area (Å²) in [6, 6.07) is 14.6.